The van der Waals surface area contributed by atoms with Crippen molar-refractivity contribution in [1.29, 1.82) is 0 Å². The number of rotatable bonds is 6. The topological polar surface area (TPSA) is 45.2 Å². The molecule has 0 aliphatic rings. The first-order valence-corrected chi connectivity index (χ1v) is 7.38. The molecule has 0 saturated carbocycles. The van der Waals surface area contributed by atoms with E-state index in [9.17, 15) is 4.79 Å². The first kappa shape index (κ1) is 14.8. The average molecular weight is 267 g/mol. The Kier molecular flexibility index (Phi) is 5.98. The van der Waals surface area contributed by atoms with Crippen molar-refractivity contribution in [3.8, 4) is 0 Å². The van der Waals surface area contributed by atoms with Gasteiger partial charge in [0.05, 0.1) is 0 Å². The highest BCUT2D eigenvalue weighted by Crippen LogP contribution is 2.12. The highest BCUT2D eigenvalue weighted by molar-refractivity contribution is 7.98. The van der Waals surface area contributed by atoms with Crippen LogP contribution in [0.4, 0.5) is 5.82 Å². The smallest absolute Gasteiger partial charge is 0.253 e. The summed E-state index contributed by atoms with van der Waals surface area (Å²) < 4.78 is 0. The van der Waals surface area contributed by atoms with Crippen LogP contribution in [0.3, 0.4) is 0 Å². The van der Waals surface area contributed by atoms with E-state index < -0.39 is 0 Å². The van der Waals surface area contributed by atoms with E-state index in [4.69, 9.17) is 0 Å². The second-order valence-electron chi connectivity index (χ2n) is 4.21. The molecular formula is C13H21N3OS. The summed E-state index contributed by atoms with van der Waals surface area (Å²) in [6.45, 7) is 2.68. The van der Waals surface area contributed by atoms with Gasteiger partial charge >= 0.3 is 0 Å². The van der Waals surface area contributed by atoms with Gasteiger partial charge in [0.2, 0.25) is 0 Å². The highest BCUT2D eigenvalue weighted by atomic mass is 32.2. The molecule has 0 radical (unpaired) electrons. The number of hydrogen-bond acceptors (Lipinski definition) is 4. The van der Waals surface area contributed by atoms with E-state index in [1.165, 1.54) is 0 Å². The van der Waals surface area contributed by atoms with E-state index in [0.717, 1.165) is 30.2 Å². The zero-order valence-corrected chi connectivity index (χ0v) is 12.3. The molecule has 0 aliphatic heterocycles. The van der Waals surface area contributed by atoms with Crippen molar-refractivity contribution in [3.63, 3.8) is 0 Å². The van der Waals surface area contributed by atoms with Gasteiger partial charge in [-0.2, -0.15) is 11.8 Å². The van der Waals surface area contributed by atoms with Crippen LogP contribution in [0.5, 0.6) is 0 Å². The third-order valence-electron chi connectivity index (χ3n) is 2.65. The van der Waals surface area contributed by atoms with Crippen molar-refractivity contribution in [1.82, 2.24) is 9.88 Å². The number of amides is 1. The lowest BCUT2D eigenvalue weighted by atomic mass is 10.2. The standard InChI is InChI=1S/C13H21N3OS/c1-10-8-11(9-12(14-2)15-10)13(17)16(3)6-5-7-18-4/h8-9H,5-7H2,1-4H3,(H,14,15). The minimum Gasteiger partial charge on any atom is -0.373 e. The normalized spacial score (nSPS) is 10.2. The molecule has 0 aliphatic carbocycles. The van der Waals surface area contributed by atoms with Gasteiger partial charge in [-0.15, -0.1) is 0 Å². The molecule has 4 nitrogen and oxygen atoms in total. The molecular weight excluding hydrogens is 246 g/mol. The van der Waals surface area contributed by atoms with Crippen LogP contribution < -0.4 is 5.32 Å². The van der Waals surface area contributed by atoms with Gasteiger partial charge < -0.3 is 10.2 Å². The summed E-state index contributed by atoms with van der Waals surface area (Å²) in [6, 6.07) is 3.62. The molecule has 0 spiro atoms. The lowest BCUT2D eigenvalue weighted by Gasteiger charge is -2.17. The van der Waals surface area contributed by atoms with Gasteiger partial charge in [0, 0.05) is 31.9 Å². The molecule has 0 fully saturated rings. The zero-order chi connectivity index (χ0) is 13.5. The van der Waals surface area contributed by atoms with E-state index in [2.05, 4.69) is 16.6 Å². The van der Waals surface area contributed by atoms with Gasteiger partial charge in [0.1, 0.15) is 5.82 Å². The van der Waals surface area contributed by atoms with Crippen molar-refractivity contribution in [3.05, 3.63) is 23.4 Å². The van der Waals surface area contributed by atoms with Crippen molar-refractivity contribution < 1.29 is 4.79 Å². The Labute approximate surface area is 113 Å². The minimum atomic E-state index is 0.0538. The number of aromatic nitrogens is 1. The molecule has 0 atom stereocenters. The number of nitrogens with one attached hydrogen (secondary N) is 1. The monoisotopic (exact) mass is 267 g/mol. The summed E-state index contributed by atoms with van der Waals surface area (Å²) in [5.74, 6) is 1.86. The Morgan fingerprint density at radius 3 is 2.83 bits per heavy atom. The van der Waals surface area contributed by atoms with Crippen molar-refractivity contribution in [2.45, 2.75) is 13.3 Å². The third kappa shape index (κ3) is 4.22. The van der Waals surface area contributed by atoms with E-state index >= 15 is 0 Å². The van der Waals surface area contributed by atoms with Crippen LogP contribution >= 0.6 is 11.8 Å². The van der Waals surface area contributed by atoms with Crippen LogP contribution in [0.25, 0.3) is 0 Å². The van der Waals surface area contributed by atoms with Crippen molar-refractivity contribution in [2.24, 2.45) is 0 Å². The maximum atomic E-state index is 12.2. The Morgan fingerprint density at radius 2 is 2.22 bits per heavy atom. The summed E-state index contributed by atoms with van der Waals surface area (Å²) in [5, 5.41) is 2.97. The molecule has 100 valence electrons. The van der Waals surface area contributed by atoms with Gasteiger partial charge in [-0.1, -0.05) is 0 Å². The van der Waals surface area contributed by atoms with E-state index in [0.29, 0.717) is 5.56 Å². The minimum absolute atomic E-state index is 0.0538. The zero-order valence-electron chi connectivity index (χ0n) is 11.5. The first-order chi connectivity index (χ1) is 8.58. The van der Waals surface area contributed by atoms with E-state index in [1.807, 2.05) is 20.0 Å². The molecule has 1 aromatic heterocycles. The Bertz CT molecular complexity index is 409. The number of pyridine rings is 1. The number of carbonyl (C=O) groups excluding carboxylic acids is 1. The molecule has 0 unspecified atom stereocenters. The van der Waals surface area contributed by atoms with Gasteiger partial charge in [0.15, 0.2) is 0 Å². The molecule has 1 N–H and O–H groups in total. The van der Waals surface area contributed by atoms with Gasteiger partial charge in [0.25, 0.3) is 5.91 Å². The molecule has 0 aromatic carbocycles. The number of nitrogens with zero attached hydrogens (tertiary/aromatic N) is 2. The second kappa shape index (κ2) is 7.26. The number of anilines is 1. The fraction of sp³-hybridized carbons (Fsp3) is 0.538. The molecule has 1 aromatic rings. The van der Waals surface area contributed by atoms with Gasteiger partial charge in [-0.3, -0.25) is 4.79 Å². The lowest BCUT2D eigenvalue weighted by Crippen LogP contribution is -2.28. The summed E-state index contributed by atoms with van der Waals surface area (Å²) in [7, 11) is 3.65. The summed E-state index contributed by atoms with van der Waals surface area (Å²) >= 11 is 1.80. The maximum absolute atomic E-state index is 12.2. The van der Waals surface area contributed by atoms with E-state index in [1.54, 1.807) is 29.8 Å². The molecule has 18 heavy (non-hydrogen) atoms. The Morgan fingerprint density at radius 1 is 1.50 bits per heavy atom. The number of hydrogen-bond donors (Lipinski definition) is 1. The van der Waals surface area contributed by atoms with Gasteiger partial charge in [-0.25, -0.2) is 4.98 Å². The van der Waals surface area contributed by atoms with Crippen LogP contribution in [-0.4, -0.2) is 48.4 Å². The maximum Gasteiger partial charge on any atom is 0.253 e. The van der Waals surface area contributed by atoms with Crippen LogP contribution in [0.2, 0.25) is 0 Å². The van der Waals surface area contributed by atoms with Gasteiger partial charge in [-0.05, 0) is 37.5 Å². The predicted octanol–water partition coefficient (Wildman–Crippen LogP) is 2.26. The summed E-state index contributed by atoms with van der Waals surface area (Å²) in [6.07, 6.45) is 3.10. The quantitative estimate of drug-likeness (QED) is 0.803. The second-order valence-corrected chi connectivity index (χ2v) is 5.19. The first-order valence-electron chi connectivity index (χ1n) is 5.99. The Hall–Kier alpha value is -1.23. The van der Waals surface area contributed by atoms with Crippen LogP contribution in [0, 0.1) is 6.92 Å². The summed E-state index contributed by atoms with van der Waals surface area (Å²) in [4.78, 5) is 18.3. The van der Waals surface area contributed by atoms with Crippen molar-refractivity contribution in [2.75, 3.05) is 38.0 Å². The average Bonchev–Trinajstić information content (AvgIpc) is 2.37. The van der Waals surface area contributed by atoms with Crippen LogP contribution in [-0.2, 0) is 0 Å². The number of thioether (sulfide) groups is 1. The van der Waals surface area contributed by atoms with E-state index in [-0.39, 0.29) is 5.91 Å². The molecule has 0 saturated heterocycles. The lowest BCUT2D eigenvalue weighted by molar-refractivity contribution is 0.0795. The molecule has 0 bridgehead atoms. The van der Waals surface area contributed by atoms with Crippen molar-refractivity contribution >= 4 is 23.5 Å². The Balaban J connectivity index is 2.73. The third-order valence-corrected chi connectivity index (χ3v) is 3.34. The highest BCUT2D eigenvalue weighted by Gasteiger charge is 2.12. The number of carbonyl (C=O) groups is 1. The molecule has 1 heterocycles. The molecule has 5 heteroatoms. The summed E-state index contributed by atoms with van der Waals surface area (Å²) in [5.41, 5.74) is 1.54. The molecule has 1 rings (SSSR count). The molecule has 1 amide bonds. The number of aryl methyl sites for hydroxylation is 1. The predicted molar refractivity (Wildman–Crippen MR) is 78.5 cm³/mol. The van der Waals surface area contributed by atoms with Crippen LogP contribution in [0.1, 0.15) is 22.5 Å². The van der Waals surface area contributed by atoms with Crippen LogP contribution in [0.15, 0.2) is 12.1 Å². The SMILES string of the molecule is CNc1cc(C(=O)N(C)CCCSC)cc(C)n1. The fourth-order valence-electron chi connectivity index (χ4n) is 1.69. The fourth-order valence-corrected chi connectivity index (χ4v) is 2.11. The largest absolute Gasteiger partial charge is 0.373 e.